The highest BCUT2D eigenvalue weighted by atomic mass is 32.1. The number of hydrogen-bond donors (Lipinski definition) is 0. The molecule has 0 saturated heterocycles. The van der Waals surface area contributed by atoms with E-state index in [9.17, 15) is 4.79 Å². The third-order valence-corrected chi connectivity index (χ3v) is 8.32. The minimum absolute atomic E-state index is 0.0158. The normalized spacial score (nSPS) is 17.3. The van der Waals surface area contributed by atoms with Crippen LogP contribution in [0.25, 0.3) is 11.8 Å². The van der Waals surface area contributed by atoms with Crippen molar-refractivity contribution in [3.63, 3.8) is 0 Å². The van der Waals surface area contributed by atoms with Crippen LogP contribution in [0.2, 0.25) is 0 Å². The van der Waals surface area contributed by atoms with Gasteiger partial charge in [0, 0.05) is 10.4 Å². The molecule has 4 aromatic rings. The molecule has 6 rings (SSSR count). The zero-order valence-electron chi connectivity index (χ0n) is 18.4. The monoisotopic (exact) mass is 470 g/mol. The van der Waals surface area contributed by atoms with Gasteiger partial charge in [-0.25, -0.2) is 4.99 Å². The molecule has 0 unspecified atom stereocenters. The van der Waals surface area contributed by atoms with Crippen molar-refractivity contribution >= 4 is 34.4 Å². The van der Waals surface area contributed by atoms with Crippen LogP contribution < -0.4 is 19.6 Å². The maximum atomic E-state index is 13.7. The summed E-state index contributed by atoms with van der Waals surface area (Å²) in [5.74, 6) is 0.819. The van der Waals surface area contributed by atoms with E-state index in [1.807, 2.05) is 35.8 Å². The number of aromatic nitrogens is 1. The SMILES string of the molecule is COc1cc(/C=c2/sc3n(c2=O)[C@H](c2cccs2)C2=C(N=3)c3ccccc3CC2)ccc1C. The van der Waals surface area contributed by atoms with Gasteiger partial charge in [0.05, 0.1) is 23.4 Å². The molecule has 3 heterocycles. The van der Waals surface area contributed by atoms with Crippen LogP contribution in [0, 0.1) is 6.92 Å². The number of aryl methyl sites for hydroxylation is 2. The molecule has 164 valence electrons. The van der Waals surface area contributed by atoms with Crippen LogP contribution in [0.1, 0.15) is 39.6 Å². The second kappa shape index (κ2) is 7.97. The molecule has 1 aliphatic heterocycles. The molecule has 0 spiro atoms. The van der Waals surface area contributed by atoms with Crippen molar-refractivity contribution in [2.24, 2.45) is 4.99 Å². The summed E-state index contributed by atoms with van der Waals surface area (Å²) >= 11 is 3.16. The fraction of sp³-hybridized carbons (Fsp3) is 0.185. The summed E-state index contributed by atoms with van der Waals surface area (Å²) in [4.78, 5) is 20.7. The Morgan fingerprint density at radius 2 is 2.00 bits per heavy atom. The van der Waals surface area contributed by atoms with Crippen molar-refractivity contribution < 1.29 is 4.74 Å². The van der Waals surface area contributed by atoms with Crippen LogP contribution in [-0.4, -0.2) is 11.7 Å². The third kappa shape index (κ3) is 3.33. The Morgan fingerprint density at radius 3 is 2.82 bits per heavy atom. The van der Waals surface area contributed by atoms with Crippen molar-refractivity contribution in [1.29, 1.82) is 0 Å². The minimum atomic E-state index is -0.0979. The van der Waals surface area contributed by atoms with Crippen molar-refractivity contribution in [1.82, 2.24) is 4.57 Å². The van der Waals surface area contributed by atoms with E-state index < -0.39 is 0 Å². The fourth-order valence-corrected chi connectivity index (χ4v) is 6.64. The van der Waals surface area contributed by atoms with E-state index in [0.29, 0.717) is 4.53 Å². The lowest BCUT2D eigenvalue weighted by molar-refractivity contribution is 0.411. The van der Waals surface area contributed by atoms with Crippen molar-refractivity contribution in [2.75, 3.05) is 7.11 Å². The van der Waals surface area contributed by atoms with Gasteiger partial charge in [0.15, 0.2) is 4.80 Å². The summed E-state index contributed by atoms with van der Waals surface area (Å²) in [5, 5.41) is 2.08. The minimum Gasteiger partial charge on any atom is -0.496 e. The van der Waals surface area contributed by atoms with Crippen LogP contribution in [0.3, 0.4) is 0 Å². The second-order valence-electron chi connectivity index (χ2n) is 8.36. The number of thiazole rings is 1. The highest BCUT2D eigenvalue weighted by Gasteiger charge is 2.32. The van der Waals surface area contributed by atoms with E-state index in [0.717, 1.165) is 40.2 Å². The number of methoxy groups -OCH3 is 1. The Kier molecular flexibility index (Phi) is 4.93. The van der Waals surface area contributed by atoms with Gasteiger partial charge in [-0.2, -0.15) is 0 Å². The maximum absolute atomic E-state index is 13.7. The lowest BCUT2D eigenvalue weighted by atomic mass is 9.85. The zero-order chi connectivity index (χ0) is 22.5. The van der Waals surface area contributed by atoms with Crippen molar-refractivity contribution in [3.05, 3.63) is 112 Å². The molecule has 33 heavy (non-hydrogen) atoms. The predicted molar refractivity (Wildman–Crippen MR) is 135 cm³/mol. The fourth-order valence-electron chi connectivity index (χ4n) is 4.80. The number of thiophene rings is 1. The van der Waals surface area contributed by atoms with Crippen LogP contribution in [0.5, 0.6) is 5.75 Å². The number of rotatable bonds is 3. The molecule has 2 aromatic carbocycles. The summed E-state index contributed by atoms with van der Waals surface area (Å²) in [7, 11) is 1.67. The van der Waals surface area contributed by atoms with Gasteiger partial charge in [-0.1, -0.05) is 53.8 Å². The first kappa shape index (κ1) is 20.4. The number of allylic oxidation sites excluding steroid dienone is 1. The van der Waals surface area contributed by atoms with E-state index in [-0.39, 0.29) is 11.6 Å². The lowest BCUT2D eigenvalue weighted by Gasteiger charge is -2.30. The highest BCUT2D eigenvalue weighted by molar-refractivity contribution is 7.10. The number of nitrogens with zero attached hydrogens (tertiary/aromatic N) is 2. The largest absolute Gasteiger partial charge is 0.496 e. The first-order valence-corrected chi connectivity index (χ1v) is 12.6. The molecule has 0 radical (unpaired) electrons. The summed E-state index contributed by atoms with van der Waals surface area (Å²) < 4.78 is 8.07. The van der Waals surface area contributed by atoms with Crippen LogP contribution in [-0.2, 0) is 6.42 Å². The molecule has 0 fully saturated rings. The van der Waals surface area contributed by atoms with Crippen LogP contribution >= 0.6 is 22.7 Å². The number of fused-ring (bicyclic) bond motifs is 3. The number of hydrogen-bond acceptors (Lipinski definition) is 5. The quantitative estimate of drug-likeness (QED) is 0.436. The Bertz CT molecular complexity index is 1590. The average molecular weight is 471 g/mol. The van der Waals surface area contributed by atoms with Gasteiger partial charge in [0.25, 0.3) is 5.56 Å². The van der Waals surface area contributed by atoms with Gasteiger partial charge in [-0.15, -0.1) is 11.3 Å². The number of benzene rings is 2. The van der Waals surface area contributed by atoms with Gasteiger partial charge in [0.2, 0.25) is 0 Å². The number of ether oxygens (including phenoxy) is 1. The average Bonchev–Trinajstić information content (AvgIpc) is 3.47. The topological polar surface area (TPSA) is 43.6 Å². The summed E-state index contributed by atoms with van der Waals surface area (Å²) in [6.45, 7) is 2.01. The molecule has 0 bridgehead atoms. The van der Waals surface area contributed by atoms with Crippen LogP contribution in [0.15, 0.2) is 75.3 Å². The molecule has 2 aliphatic rings. The molecule has 0 amide bonds. The molecule has 0 N–H and O–H groups in total. The maximum Gasteiger partial charge on any atom is 0.271 e. The first-order chi connectivity index (χ1) is 16.1. The van der Waals surface area contributed by atoms with Crippen molar-refractivity contribution in [2.45, 2.75) is 25.8 Å². The van der Waals surface area contributed by atoms with Crippen LogP contribution in [0.4, 0.5) is 0 Å². The van der Waals surface area contributed by atoms with Gasteiger partial charge in [0.1, 0.15) is 5.75 Å². The molecule has 4 nitrogen and oxygen atoms in total. The molecule has 6 heteroatoms. The van der Waals surface area contributed by atoms with E-state index in [1.165, 1.54) is 32.9 Å². The van der Waals surface area contributed by atoms with Gasteiger partial charge in [-0.3, -0.25) is 9.36 Å². The van der Waals surface area contributed by atoms with Gasteiger partial charge in [-0.05, 0) is 65.6 Å². The Labute approximate surface area is 199 Å². The van der Waals surface area contributed by atoms with E-state index in [2.05, 4.69) is 41.8 Å². The third-order valence-electron chi connectivity index (χ3n) is 6.42. The van der Waals surface area contributed by atoms with E-state index >= 15 is 0 Å². The standard InChI is InChI=1S/C27H22N2O2S2/c1-16-9-10-17(14-21(16)31-2)15-23-26(30)29-25(22-8-5-13-32-22)20-12-11-18-6-3-4-7-19(18)24(20)28-27(29)33-23/h3-10,13-15,25H,11-12H2,1-2H3/b23-15+/t25-/m0/s1. The lowest BCUT2D eigenvalue weighted by Crippen LogP contribution is -2.38. The smallest absolute Gasteiger partial charge is 0.271 e. The van der Waals surface area contributed by atoms with E-state index in [4.69, 9.17) is 9.73 Å². The molecular weight excluding hydrogens is 448 g/mol. The van der Waals surface area contributed by atoms with Gasteiger partial charge >= 0.3 is 0 Å². The molecule has 1 aliphatic carbocycles. The van der Waals surface area contributed by atoms with E-state index in [1.54, 1.807) is 18.4 Å². The Hall–Kier alpha value is -3.22. The first-order valence-electron chi connectivity index (χ1n) is 10.9. The Balaban J connectivity index is 1.59. The summed E-state index contributed by atoms with van der Waals surface area (Å²) in [6, 6.07) is 18.6. The van der Waals surface area contributed by atoms with Crippen molar-refractivity contribution in [3.8, 4) is 5.75 Å². The predicted octanol–water partition coefficient (Wildman–Crippen LogP) is 4.70. The molecule has 1 atom stereocenters. The zero-order valence-corrected chi connectivity index (χ0v) is 20.0. The molecule has 2 aromatic heterocycles. The molecule has 0 saturated carbocycles. The Morgan fingerprint density at radius 1 is 1.12 bits per heavy atom. The molecular formula is C27H22N2O2S2. The van der Waals surface area contributed by atoms with Gasteiger partial charge < -0.3 is 4.74 Å². The summed E-state index contributed by atoms with van der Waals surface area (Å²) in [6.07, 6.45) is 3.84. The summed E-state index contributed by atoms with van der Waals surface area (Å²) in [5.41, 5.74) is 6.84. The highest BCUT2D eigenvalue weighted by Crippen LogP contribution is 2.42. The second-order valence-corrected chi connectivity index (χ2v) is 10.3.